The lowest BCUT2D eigenvalue weighted by Crippen LogP contribution is -2.55. The van der Waals surface area contributed by atoms with Gasteiger partial charge in [0.1, 0.15) is 5.60 Å². The number of methoxy groups -OCH3 is 1. The van der Waals surface area contributed by atoms with Crippen LogP contribution in [0.5, 0.6) is 0 Å². The van der Waals surface area contributed by atoms with E-state index in [1.807, 2.05) is 6.92 Å². The molecule has 0 aliphatic carbocycles. The smallest absolute Gasteiger partial charge is 0.291 e. The number of nitrogens with zero attached hydrogens (tertiary/aromatic N) is 3. The third-order valence-electron chi connectivity index (χ3n) is 4.89. The summed E-state index contributed by atoms with van der Waals surface area (Å²) in [7, 11) is 1.51. The number of aryl methyl sites for hydroxylation is 1. The average molecular weight is 348 g/mol. The van der Waals surface area contributed by atoms with Gasteiger partial charge in [0.2, 0.25) is 5.82 Å². The van der Waals surface area contributed by atoms with E-state index >= 15 is 0 Å². The van der Waals surface area contributed by atoms with Crippen LogP contribution in [0, 0.1) is 12.8 Å². The van der Waals surface area contributed by atoms with Gasteiger partial charge in [0.15, 0.2) is 0 Å². The number of carbonyl (C=O) groups excluding carboxylic acids is 2. The molecule has 7 heteroatoms. The van der Waals surface area contributed by atoms with Crippen molar-refractivity contribution >= 4 is 11.8 Å². The summed E-state index contributed by atoms with van der Waals surface area (Å²) >= 11 is 0. The van der Waals surface area contributed by atoms with Crippen LogP contribution in [0.25, 0.3) is 0 Å². The highest BCUT2D eigenvalue weighted by molar-refractivity contribution is 5.91. The summed E-state index contributed by atoms with van der Waals surface area (Å²) in [6.45, 7) is 8.42. The number of ether oxygens (including phenoxy) is 1. The molecule has 2 atom stereocenters. The van der Waals surface area contributed by atoms with Gasteiger partial charge in [-0.3, -0.25) is 9.59 Å². The number of rotatable bonds is 5. The zero-order chi connectivity index (χ0) is 18.6. The quantitative estimate of drug-likeness (QED) is 0.873. The van der Waals surface area contributed by atoms with E-state index in [4.69, 9.17) is 4.74 Å². The lowest BCUT2D eigenvalue weighted by atomic mass is 9.90. The number of hydrogen-bond donors (Lipinski definition) is 1. The molecule has 2 amide bonds. The van der Waals surface area contributed by atoms with Crippen molar-refractivity contribution in [2.75, 3.05) is 20.2 Å². The highest BCUT2D eigenvalue weighted by atomic mass is 16.5. The molecule has 0 spiro atoms. The minimum Gasteiger partial charge on any atom is -0.369 e. The van der Waals surface area contributed by atoms with E-state index in [2.05, 4.69) is 22.2 Å². The van der Waals surface area contributed by atoms with Gasteiger partial charge < -0.3 is 15.0 Å². The number of piperidine rings is 1. The maximum atomic E-state index is 12.9. The summed E-state index contributed by atoms with van der Waals surface area (Å²) < 4.78 is 5.21. The molecule has 1 fully saturated rings. The molecule has 1 aromatic rings. The Balaban J connectivity index is 2.12. The SMILES string of the molecule is COC(C)(C)C(=O)NCC1C(C)CCCN1C(=O)c1nccc(C)n1. The van der Waals surface area contributed by atoms with Gasteiger partial charge >= 0.3 is 0 Å². The van der Waals surface area contributed by atoms with Crippen molar-refractivity contribution in [1.82, 2.24) is 20.2 Å². The Morgan fingerprint density at radius 2 is 2.16 bits per heavy atom. The highest BCUT2D eigenvalue weighted by Crippen LogP contribution is 2.24. The Labute approximate surface area is 149 Å². The van der Waals surface area contributed by atoms with Crippen LogP contribution in [-0.4, -0.2) is 58.5 Å². The maximum absolute atomic E-state index is 12.9. The highest BCUT2D eigenvalue weighted by Gasteiger charge is 2.35. The van der Waals surface area contributed by atoms with Crippen molar-refractivity contribution in [3.05, 3.63) is 23.8 Å². The van der Waals surface area contributed by atoms with E-state index in [-0.39, 0.29) is 29.6 Å². The van der Waals surface area contributed by atoms with Gasteiger partial charge in [0, 0.05) is 32.1 Å². The molecule has 1 saturated heterocycles. The summed E-state index contributed by atoms with van der Waals surface area (Å²) in [5.41, 5.74) is -0.137. The van der Waals surface area contributed by atoms with Crippen molar-refractivity contribution in [2.45, 2.75) is 52.2 Å². The molecule has 1 aliphatic rings. The lowest BCUT2D eigenvalue weighted by molar-refractivity contribution is -0.139. The molecule has 25 heavy (non-hydrogen) atoms. The predicted molar refractivity (Wildman–Crippen MR) is 94.1 cm³/mol. The zero-order valence-corrected chi connectivity index (χ0v) is 15.7. The summed E-state index contributed by atoms with van der Waals surface area (Å²) in [5, 5.41) is 2.92. The van der Waals surface area contributed by atoms with Crippen molar-refractivity contribution < 1.29 is 14.3 Å². The Bertz CT molecular complexity index is 633. The molecule has 138 valence electrons. The minimum atomic E-state index is -0.896. The molecular weight excluding hydrogens is 320 g/mol. The first-order valence-corrected chi connectivity index (χ1v) is 8.70. The van der Waals surface area contributed by atoms with Gasteiger partial charge in [-0.25, -0.2) is 9.97 Å². The van der Waals surface area contributed by atoms with E-state index in [1.165, 1.54) is 7.11 Å². The van der Waals surface area contributed by atoms with Crippen molar-refractivity contribution in [3.8, 4) is 0 Å². The fourth-order valence-electron chi connectivity index (χ4n) is 3.00. The van der Waals surface area contributed by atoms with Crippen LogP contribution < -0.4 is 5.32 Å². The molecule has 1 N–H and O–H groups in total. The van der Waals surface area contributed by atoms with Crippen LogP contribution in [0.2, 0.25) is 0 Å². The lowest BCUT2D eigenvalue weighted by Gasteiger charge is -2.40. The van der Waals surface area contributed by atoms with Crippen LogP contribution in [0.4, 0.5) is 0 Å². The third-order valence-corrected chi connectivity index (χ3v) is 4.89. The molecule has 2 heterocycles. The van der Waals surface area contributed by atoms with Crippen LogP contribution in [0.3, 0.4) is 0 Å². The van der Waals surface area contributed by atoms with Crippen LogP contribution in [0.15, 0.2) is 12.3 Å². The number of hydrogen-bond acceptors (Lipinski definition) is 5. The number of amides is 2. The van der Waals surface area contributed by atoms with E-state index in [0.717, 1.165) is 18.5 Å². The van der Waals surface area contributed by atoms with Gasteiger partial charge in [-0.15, -0.1) is 0 Å². The average Bonchev–Trinajstić information content (AvgIpc) is 2.59. The summed E-state index contributed by atoms with van der Waals surface area (Å²) in [6.07, 6.45) is 3.56. The van der Waals surface area contributed by atoms with Gasteiger partial charge in [0.25, 0.3) is 11.8 Å². The summed E-state index contributed by atoms with van der Waals surface area (Å²) in [5.74, 6) is 0.128. The van der Waals surface area contributed by atoms with E-state index < -0.39 is 5.60 Å². The Hall–Kier alpha value is -2.02. The molecule has 2 rings (SSSR count). The topological polar surface area (TPSA) is 84.4 Å². The first-order chi connectivity index (χ1) is 11.8. The van der Waals surface area contributed by atoms with Crippen LogP contribution >= 0.6 is 0 Å². The summed E-state index contributed by atoms with van der Waals surface area (Å²) in [4.78, 5) is 35.3. The van der Waals surface area contributed by atoms with E-state index in [9.17, 15) is 9.59 Å². The molecule has 0 radical (unpaired) electrons. The largest absolute Gasteiger partial charge is 0.369 e. The van der Waals surface area contributed by atoms with Crippen molar-refractivity contribution in [3.63, 3.8) is 0 Å². The van der Waals surface area contributed by atoms with E-state index in [1.54, 1.807) is 31.0 Å². The number of nitrogens with one attached hydrogen (secondary N) is 1. The standard InChI is InChI=1S/C18H28N4O3/c1-12-7-6-10-22(16(23)15-19-9-8-13(2)21-15)14(12)11-20-17(24)18(3,4)25-5/h8-9,12,14H,6-7,10-11H2,1-5H3,(H,20,24). The predicted octanol–water partition coefficient (Wildman–Crippen LogP) is 1.57. The first-order valence-electron chi connectivity index (χ1n) is 8.70. The van der Waals surface area contributed by atoms with E-state index in [0.29, 0.717) is 13.1 Å². The molecule has 0 aromatic carbocycles. The van der Waals surface area contributed by atoms with Gasteiger partial charge in [-0.05, 0) is 45.6 Å². The monoisotopic (exact) mass is 348 g/mol. The van der Waals surface area contributed by atoms with Crippen molar-refractivity contribution in [1.29, 1.82) is 0 Å². The Morgan fingerprint density at radius 1 is 1.44 bits per heavy atom. The fourth-order valence-corrected chi connectivity index (χ4v) is 3.00. The second-order valence-corrected chi connectivity index (χ2v) is 7.13. The Kier molecular flexibility index (Phi) is 6.11. The minimum absolute atomic E-state index is 0.0815. The molecule has 7 nitrogen and oxygen atoms in total. The second-order valence-electron chi connectivity index (χ2n) is 7.13. The molecule has 1 aliphatic heterocycles. The summed E-state index contributed by atoms with van der Waals surface area (Å²) in [6, 6.07) is 1.68. The van der Waals surface area contributed by atoms with Crippen LogP contribution in [-0.2, 0) is 9.53 Å². The number of likely N-dealkylation sites (tertiary alicyclic amines) is 1. The normalized spacial score (nSPS) is 21.1. The van der Waals surface area contributed by atoms with Crippen molar-refractivity contribution in [2.24, 2.45) is 5.92 Å². The Morgan fingerprint density at radius 3 is 2.80 bits per heavy atom. The molecular formula is C18H28N4O3. The van der Waals surface area contributed by atoms with Gasteiger partial charge in [-0.2, -0.15) is 0 Å². The molecule has 0 saturated carbocycles. The first kappa shape index (κ1) is 19.3. The zero-order valence-electron chi connectivity index (χ0n) is 15.7. The number of aromatic nitrogens is 2. The maximum Gasteiger partial charge on any atom is 0.291 e. The fraction of sp³-hybridized carbons (Fsp3) is 0.667. The molecule has 1 aromatic heterocycles. The number of carbonyl (C=O) groups is 2. The third kappa shape index (κ3) is 4.54. The molecule has 0 bridgehead atoms. The molecule has 2 unspecified atom stereocenters. The van der Waals surface area contributed by atoms with Gasteiger partial charge in [-0.1, -0.05) is 6.92 Å². The van der Waals surface area contributed by atoms with Gasteiger partial charge in [0.05, 0.1) is 6.04 Å². The second kappa shape index (κ2) is 7.91. The van der Waals surface area contributed by atoms with Crippen LogP contribution in [0.1, 0.15) is 49.9 Å².